The van der Waals surface area contributed by atoms with Gasteiger partial charge in [0.2, 0.25) is 0 Å². The average molecular weight is 266 g/mol. The molecule has 2 N–H and O–H groups in total. The van der Waals surface area contributed by atoms with E-state index in [2.05, 4.69) is 46.3 Å². The fourth-order valence-electron chi connectivity index (χ4n) is 1.93. The summed E-state index contributed by atoms with van der Waals surface area (Å²) in [6, 6.07) is 6.82. The molecule has 2 nitrogen and oxygen atoms in total. The van der Waals surface area contributed by atoms with Gasteiger partial charge in [0.15, 0.2) is 0 Å². The molecule has 1 unspecified atom stereocenters. The van der Waals surface area contributed by atoms with Gasteiger partial charge in [-0.25, -0.2) is 0 Å². The van der Waals surface area contributed by atoms with Crippen LogP contribution in [0.15, 0.2) is 34.3 Å². The van der Waals surface area contributed by atoms with Gasteiger partial charge in [-0.2, -0.15) is 11.3 Å². The lowest BCUT2D eigenvalue weighted by Crippen LogP contribution is -2.31. The predicted molar refractivity (Wildman–Crippen MR) is 76.8 cm³/mol. The third-order valence-electron chi connectivity index (χ3n) is 2.97. The van der Waals surface area contributed by atoms with Crippen LogP contribution >= 0.6 is 22.7 Å². The van der Waals surface area contributed by atoms with Crippen molar-refractivity contribution in [3.05, 3.63) is 44.8 Å². The number of nitrogens with two attached hydrogens (primary N) is 1. The molecule has 2 aromatic heterocycles. The first-order chi connectivity index (χ1) is 8.31. The summed E-state index contributed by atoms with van der Waals surface area (Å²) >= 11 is 3.56. The summed E-state index contributed by atoms with van der Waals surface area (Å²) in [7, 11) is 2.16. The van der Waals surface area contributed by atoms with Crippen molar-refractivity contribution in [2.24, 2.45) is 5.73 Å². The second-order valence-electron chi connectivity index (χ2n) is 4.12. The zero-order chi connectivity index (χ0) is 12.1. The Labute approximate surface area is 111 Å². The van der Waals surface area contributed by atoms with Crippen LogP contribution in [0.1, 0.15) is 16.5 Å². The molecule has 0 radical (unpaired) electrons. The molecule has 0 aliphatic carbocycles. The van der Waals surface area contributed by atoms with E-state index in [1.807, 2.05) is 11.3 Å². The van der Waals surface area contributed by atoms with E-state index in [1.165, 1.54) is 10.4 Å². The minimum Gasteiger partial charge on any atom is -0.329 e. The largest absolute Gasteiger partial charge is 0.329 e. The van der Waals surface area contributed by atoms with Crippen molar-refractivity contribution in [2.45, 2.75) is 12.5 Å². The highest BCUT2D eigenvalue weighted by atomic mass is 32.1. The second-order valence-corrected chi connectivity index (χ2v) is 5.93. The molecule has 2 aromatic rings. The number of rotatable bonds is 6. The third-order valence-corrected chi connectivity index (χ3v) is 4.61. The highest BCUT2D eigenvalue weighted by molar-refractivity contribution is 7.09. The fraction of sp³-hybridized carbons (Fsp3) is 0.385. The first kappa shape index (κ1) is 12.8. The molecule has 2 rings (SSSR count). The number of nitrogens with zero attached hydrogens (tertiary/aromatic N) is 1. The number of likely N-dealkylation sites (N-methyl/N-ethyl adjacent to an activating group) is 1. The van der Waals surface area contributed by atoms with E-state index in [-0.39, 0.29) is 0 Å². The van der Waals surface area contributed by atoms with Crippen LogP contribution in [0, 0.1) is 0 Å². The molecule has 0 aliphatic heterocycles. The van der Waals surface area contributed by atoms with Crippen LogP contribution in [-0.4, -0.2) is 25.0 Å². The van der Waals surface area contributed by atoms with Gasteiger partial charge in [0.1, 0.15) is 0 Å². The summed E-state index contributed by atoms with van der Waals surface area (Å²) in [5.74, 6) is 0. The highest BCUT2D eigenvalue weighted by Crippen LogP contribution is 2.21. The summed E-state index contributed by atoms with van der Waals surface area (Å²) in [6.45, 7) is 1.73. The van der Waals surface area contributed by atoms with E-state index in [1.54, 1.807) is 11.3 Å². The van der Waals surface area contributed by atoms with E-state index < -0.39 is 0 Å². The van der Waals surface area contributed by atoms with Crippen LogP contribution in [0.4, 0.5) is 0 Å². The van der Waals surface area contributed by atoms with Gasteiger partial charge in [-0.3, -0.25) is 4.90 Å². The Bertz CT molecular complexity index is 409. The lowest BCUT2D eigenvalue weighted by molar-refractivity contribution is 0.254. The molecule has 17 heavy (non-hydrogen) atoms. The Balaban J connectivity index is 1.91. The molecule has 0 bridgehead atoms. The number of thiophene rings is 2. The van der Waals surface area contributed by atoms with E-state index in [4.69, 9.17) is 5.73 Å². The molecule has 4 heteroatoms. The van der Waals surface area contributed by atoms with Crippen LogP contribution in [0.3, 0.4) is 0 Å². The summed E-state index contributed by atoms with van der Waals surface area (Å²) < 4.78 is 0. The zero-order valence-electron chi connectivity index (χ0n) is 10.0. The summed E-state index contributed by atoms with van der Waals surface area (Å²) in [5.41, 5.74) is 7.22. The molecule has 1 atom stereocenters. The van der Waals surface area contributed by atoms with E-state index in [0.29, 0.717) is 12.6 Å². The van der Waals surface area contributed by atoms with Gasteiger partial charge in [-0.05, 0) is 47.3 Å². The summed E-state index contributed by atoms with van der Waals surface area (Å²) in [6.07, 6.45) is 1.11. The molecule has 0 saturated carbocycles. The van der Waals surface area contributed by atoms with Crippen molar-refractivity contribution in [1.82, 2.24) is 4.90 Å². The molecular weight excluding hydrogens is 248 g/mol. The van der Waals surface area contributed by atoms with Crippen LogP contribution in [0.25, 0.3) is 0 Å². The minimum absolute atomic E-state index is 0.348. The van der Waals surface area contributed by atoms with Gasteiger partial charge in [-0.15, -0.1) is 11.3 Å². The average Bonchev–Trinajstić information content (AvgIpc) is 3.00. The van der Waals surface area contributed by atoms with Crippen molar-refractivity contribution in [3.8, 4) is 0 Å². The van der Waals surface area contributed by atoms with Gasteiger partial charge >= 0.3 is 0 Å². The van der Waals surface area contributed by atoms with Crippen LogP contribution in [0.2, 0.25) is 0 Å². The van der Waals surface area contributed by atoms with Crippen LogP contribution in [-0.2, 0) is 6.42 Å². The van der Waals surface area contributed by atoms with Crippen LogP contribution < -0.4 is 5.73 Å². The second kappa shape index (κ2) is 6.31. The monoisotopic (exact) mass is 266 g/mol. The molecule has 0 aliphatic rings. The van der Waals surface area contributed by atoms with Crippen molar-refractivity contribution < 1.29 is 0 Å². The topological polar surface area (TPSA) is 29.3 Å². The van der Waals surface area contributed by atoms with E-state index in [9.17, 15) is 0 Å². The van der Waals surface area contributed by atoms with Crippen molar-refractivity contribution in [1.29, 1.82) is 0 Å². The lowest BCUT2D eigenvalue weighted by atomic mass is 10.1. The molecule has 0 aromatic carbocycles. The van der Waals surface area contributed by atoms with E-state index in [0.717, 1.165) is 13.0 Å². The normalized spacial score (nSPS) is 13.1. The number of hydrogen-bond donors (Lipinski definition) is 1. The molecule has 0 fully saturated rings. The van der Waals surface area contributed by atoms with Crippen molar-refractivity contribution >= 4 is 22.7 Å². The maximum Gasteiger partial charge on any atom is 0.0475 e. The molecular formula is C13H18N2S2. The Morgan fingerprint density at radius 1 is 1.35 bits per heavy atom. The smallest absolute Gasteiger partial charge is 0.0475 e. The Morgan fingerprint density at radius 3 is 2.82 bits per heavy atom. The van der Waals surface area contributed by atoms with Gasteiger partial charge < -0.3 is 5.73 Å². The quantitative estimate of drug-likeness (QED) is 0.871. The minimum atomic E-state index is 0.348. The van der Waals surface area contributed by atoms with E-state index >= 15 is 0 Å². The van der Waals surface area contributed by atoms with Gasteiger partial charge in [0.05, 0.1) is 0 Å². The highest BCUT2D eigenvalue weighted by Gasteiger charge is 2.15. The first-order valence-corrected chi connectivity index (χ1v) is 7.58. The molecule has 0 saturated heterocycles. The lowest BCUT2D eigenvalue weighted by Gasteiger charge is -2.26. The summed E-state index contributed by atoms with van der Waals surface area (Å²) in [4.78, 5) is 3.79. The molecule has 0 spiro atoms. The predicted octanol–water partition coefficient (Wildman–Crippen LogP) is 2.98. The standard InChI is InChI=1S/C13H18N2S2/c1-15(6-4-12-3-2-7-17-12)13(9-14)11-5-8-16-10-11/h2-3,5,7-8,10,13H,4,6,9,14H2,1H3. The Morgan fingerprint density at radius 2 is 2.24 bits per heavy atom. The van der Waals surface area contributed by atoms with Gasteiger partial charge in [0, 0.05) is 24.0 Å². The third kappa shape index (κ3) is 3.39. The molecule has 92 valence electrons. The van der Waals surface area contributed by atoms with Gasteiger partial charge in [-0.1, -0.05) is 6.07 Å². The zero-order valence-corrected chi connectivity index (χ0v) is 11.6. The first-order valence-electron chi connectivity index (χ1n) is 5.76. The van der Waals surface area contributed by atoms with Gasteiger partial charge in [0.25, 0.3) is 0 Å². The SMILES string of the molecule is CN(CCc1cccs1)C(CN)c1ccsc1. The van der Waals surface area contributed by atoms with Crippen molar-refractivity contribution in [2.75, 3.05) is 20.1 Å². The van der Waals surface area contributed by atoms with Crippen LogP contribution in [0.5, 0.6) is 0 Å². The molecule has 0 amide bonds. The maximum atomic E-state index is 5.88. The maximum absolute atomic E-state index is 5.88. The molecule has 2 heterocycles. The Kier molecular flexibility index (Phi) is 4.74. The number of hydrogen-bond acceptors (Lipinski definition) is 4. The summed E-state index contributed by atoms with van der Waals surface area (Å²) in [5, 5.41) is 6.44. The fourth-order valence-corrected chi connectivity index (χ4v) is 3.34. The van der Waals surface area contributed by atoms with Crippen molar-refractivity contribution in [3.63, 3.8) is 0 Å². The Hall–Kier alpha value is -0.680.